The average Bonchev–Trinajstić information content (AvgIpc) is 2.77. The van der Waals surface area contributed by atoms with Crippen LogP contribution in [-0.4, -0.2) is 38.8 Å². The van der Waals surface area contributed by atoms with Gasteiger partial charge in [-0.15, -0.1) is 0 Å². The third-order valence-corrected chi connectivity index (χ3v) is 7.53. The zero-order valence-corrected chi connectivity index (χ0v) is 18.6. The molecule has 1 heterocycles. The highest BCUT2D eigenvalue weighted by atomic mass is 32.2. The van der Waals surface area contributed by atoms with E-state index in [1.54, 1.807) is 12.1 Å². The molecule has 1 N–H and O–H groups in total. The molecule has 7 heteroatoms. The summed E-state index contributed by atoms with van der Waals surface area (Å²) >= 11 is 0. The molecule has 0 spiro atoms. The summed E-state index contributed by atoms with van der Waals surface area (Å²) in [6.45, 7) is 5.18. The Hall–Kier alpha value is -2.38. The molecule has 1 fully saturated rings. The number of carbonyl (C=O) groups excluding carboxylic acids is 1. The van der Waals surface area contributed by atoms with Crippen molar-refractivity contribution in [2.24, 2.45) is 5.92 Å². The Labute approximate surface area is 179 Å². The number of ether oxygens (including phenoxy) is 1. The first-order chi connectivity index (χ1) is 14.3. The fourth-order valence-electron chi connectivity index (χ4n) is 3.68. The smallest absolute Gasteiger partial charge is 0.246 e. The van der Waals surface area contributed by atoms with Gasteiger partial charge >= 0.3 is 0 Å². The minimum Gasteiger partial charge on any atom is -0.495 e. The quantitative estimate of drug-likeness (QED) is 0.729. The van der Waals surface area contributed by atoms with Crippen LogP contribution in [0.3, 0.4) is 0 Å². The van der Waals surface area contributed by atoms with Gasteiger partial charge in [0.05, 0.1) is 7.11 Å². The molecule has 0 unspecified atom stereocenters. The fraction of sp³-hybridized carbons (Fsp3) is 0.435. The van der Waals surface area contributed by atoms with Crippen molar-refractivity contribution in [2.45, 2.75) is 44.0 Å². The van der Waals surface area contributed by atoms with Gasteiger partial charge in [0.2, 0.25) is 15.9 Å². The summed E-state index contributed by atoms with van der Waals surface area (Å²) in [6.07, 6.45) is 1.01. The molecule has 162 valence electrons. The van der Waals surface area contributed by atoms with E-state index in [9.17, 15) is 13.2 Å². The monoisotopic (exact) mass is 430 g/mol. The Kier molecular flexibility index (Phi) is 7.15. The zero-order valence-electron chi connectivity index (χ0n) is 17.8. The van der Waals surface area contributed by atoms with E-state index in [1.165, 1.54) is 11.4 Å². The lowest BCUT2D eigenvalue weighted by atomic mass is 9.97. The predicted octanol–water partition coefficient (Wildman–Crippen LogP) is 3.54. The van der Waals surface area contributed by atoms with Gasteiger partial charge < -0.3 is 10.1 Å². The van der Waals surface area contributed by atoms with Crippen molar-refractivity contribution in [3.8, 4) is 5.75 Å². The number of hydrogen-bond acceptors (Lipinski definition) is 4. The largest absolute Gasteiger partial charge is 0.495 e. The van der Waals surface area contributed by atoms with Crippen LogP contribution in [0.1, 0.15) is 43.7 Å². The van der Waals surface area contributed by atoms with Gasteiger partial charge in [-0.1, -0.05) is 50.2 Å². The second kappa shape index (κ2) is 9.62. The summed E-state index contributed by atoms with van der Waals surface area (Å²) in [5.74, 6) is 0.366. The van der Waals surface area contributed by atoms with Gasteiger partial charge in [-0.3, -0.25) is 4.79 Å². The molecule has 2 aromatic carbocycles. The maximum absolute atomic E-state index is 13.3. The normalized spacial score (nSPS) is 15.9. The van der Waals surface area contributed by atoms with Crippen LogP contribution in [0.25, 0.3) is 0 Å². The maximum Gasteiger partial charge on any atom is 0.246 e. The number of rotatable bonds is 7. The fourth-order valence-corrected chi connectivity index (χ4v) is 5.34. The first kappa shape index (κ1) is 22.3. The summed E-state index contributed by atoms with van der Waals surface area (Å²) in [6, 6.07) is 15.1. The minimum absolute atomic E-state index is 0.0183. The van der Waals surface area contributed by atoms with Crippen LogP contribution in [-0.2, 0) is 21.4 Å². The lowest BCUT2D eigenvalue weighted by Crippen LogP contribution is -2.43. The average molecular weight is 431 g/mol. The third-order valence-electron chi connectivity index (χ3n) is 5.61. The second-order valence-electron chi connectivity index (χ2n) is 7.95. The summed E-state index contributed by atoms with van der Waals surface area (Å²) in [5, 5.41) is 2.97. The van der Waals surface area contributed by atoms with Gasteiger partial charge in [0.15, 0.2) is 0 Å². The number of benzene rings is 2. The predicted molar refractivity (Wildman–Crippen MR) is 117 cm³/mol. The SMILES string of the molecule is COc1ccc(C(C)C)cc1S(=O)(=O)N1CCC(C(=O)NCc2ccccc2)CC1. The van der Waals surface area contributed by atoms with Crippen molar-refractivity contribution in [3.63, 3.8) is 0 Å². The van der Waals surface area contributed by atoms with Crippen LogP contribution in [0.4, 0.5) is 0 Å². The number of nitrogens with one attached hydrogen (secondary N) is 1. The van der Waals surface area contributed by atoms with Gasteiger partial charge in [-0.25, -0.2) is 8.42 Å². The van der Waals surface area contributed by atoms with Gasteiger partial charge in [0.1, 0.15) is 10.6 Å². The highest BCUT2D eigenvalue weighted by Crippen LogP contribution is 2.32. The van der Waals surface area contributed by atoms with Crippen molar-refractivity contribution < 1.29 is 17.9 Å². The maximum atomic E-state index is 13.3. The van der Waals surface area contributed by atoms with Crippen molar-refractivity contribution in [1.82, 2.24) is 9.62 Å². The molecule has 1 saturated heterocycles. The van der Waals surface area contributed by atoms with Gasteiger partial charge in [0.25, 0.3) is 0 Å². The zero-order chi connectivity index (χ0) is 21.7. The summed E-state index contributed by atoms with van der Waals surface area (Å²) in [4.78, 5) is 12.7. The molecule has 0 bridgehead atoms. The lowest BCUT2D eigenvalue weighted by Gasteiger charge is -2.31. The highest BCUT2D eigenvalue weighted by Gasteiger charge is 2.33. The standard InChI is InChI=1S/C23H30N2O4S/c1-17(2)20-9-10-21(29-3)22(15-20)30(27,28)25-13-11-19(12-14-25)23(26)24-16-18-7-5-4-6-8-18/h4-10,15,17,19H,11-14,16H2,1-3H3,(H,24,26). The Balaban J connectivity index is 1.65. The molecule has 2 aromatic rings. The van der Waals surface area contributed by atoms with Crippen molar-refractivity contribution in [2.75, 3.05) is 20.2 Å². The molecular formula is C23H30N2O4S. The van der Waals surface area contributed by atoms with E-state index in [1.807, 2.05) is 50.2 Å². The Bertz CT molecular complexity index is 966. The van der Waals surface area contributed by atoms with Gasteiger partial charge in [-0.05, 0) is 42.0 Å². The molecule has 1 aliphatic heterocycles. The van der Waals surface area contributed by atoms with Crippen molar-refractivity contribution in [3.05, 3.63) is 59.7 Å². The first-order valence-electron chi connectivity index (χ1n) is 10.3. The van der Waals surface area contributed by atoms with E-state index < -0.39 is 10.0 Å². The topological polar surface area (TPSA) is 75.7 Å². The number of amides is 1. The second-order valence-corrected chi connectivity index (χ2v) is 9.85. The van der Waals surface area contributed by atoms with Crippen LogP contribution in [0.5, 0.6) is 5.75 Å². The molecule has 3 rings (SSSR count). The molecular weight excluding hydrogens is 400 g/mol. The molecule has 0 saturated carbocycles. The molecule has 0 radical (unpaired) electrons. The number of nitrogens with zero attached hydrogens (tertiary/aromatic N) is 1. The first-order valence-corrected chi connectivity index (χ1v) is 11.8. The van der Waals surface area contributed by atoms with Gasteiger partial charge in [0, 0.05) is 25.6 Å². The van der Waals surface area contributed by atoms with Gasteiger partial charge in [-0.2, -0.15) is 4.31 Å². The number of methoxy groups -OCH3 is 1. The number of sulfonamides is 1. The number of carbonyl (C=O) groups is 1. The minimum atomic E-state index is -3.69. The molecule has 0 aromatic heterocycles. The highest BCUT2D eigenvalue weighted by molar-refractivity contribution is 7.89. The van der Waals surface area contributed by atoms with E-state index in [4.69, 9.17) is 4.74 Å². The molecule has 30 heavy (non-hydrogen) atoms. The molecule has 1 aliphatic rings. The summed E-state index contributed by atoms with van der Waals surface area (Å²) in [5.41, 5.74) is 1.99. The molecule has 1 amide bonds. The third kappa shape index (κ3) is 5.02. The Morgan fingerprint density at radius 2 is 1.80 bits per heavy atom. The molecule has 0 atom stereocenters. The lowest BCUT2D eigenvalue weighted by molar-refractivity contribution is -0.126. The van der Waals surface area contributed by atoms with Crippen LogP contribution in [0, 0.1) is 5.92 Å². The van der Waals surface area contributed by atoms with Crippen LogP contribution >= 0.6 is 0 Å². The summed E-state index contributed by atoms with van der Waals surface area (Å²) < 4.78 is 33.3. The van der Waals surface area contributed by atoms with Crippen LogP contribution in [0.2, 0.25) is 0 Å². The van der Waals surface area contributed by atoms with Crippen molar-refractivity contribution in [1.29, 1.82) is 0 Å². The molecule has 0 aliphatic carbocycles. The van der Waals surface area contributed by atoms with E-state index in [2.05, 4.69) is 5.32 Å². The number of piperidine rings is 1. The summed E-state index contributed by atoms with van der Waals surface area (Å²) in [7, 11) is -2.21. The van der Waals surface area contributed by atoms with E-state index >= 15 is 0 Å². The van der Waals surface area contributed by atoms with Crippen molar-refractivity contribution >= 4 is 15.9 Å². The Morgan fingerprint density at radius 3 is 2.40 bits per heavy atom. The Morgan fingerprint density at radius 1 is 1.13 bits per heavy atom. The van der Waals surface area contributed by atoms with E-state index in [0.29, 0.717) is 38.2 Å². The van der Waals surface area contributed by atoms with Crippen LogP contribution in [0.15, 0.2) is 53.4 Å². The number of hydrogen-bond donors (Lipinski definition) is 1. The van der Waals surface area contributed by atoms with Crippen LogP contribution < -0.4 is 10.1 Å². The van der Waals surface area contributed by atoms with E-state index in [0.717, 1.165) is 11.1 Å². The van der Waals surface area contributed by atoms with E-state index in [-0.39, 0.29) is 22.6 Å². The molecule has 6 nitrogen and oxygen atoms in total.